The summed E-state index contributed by atoms with van der Waals surface area (Å²) in [5, 5.41) is 3.54. The lowest BCUT2D eigenvalue weighted by Crippen LogP contribution is -2.30. The molecule has 0 bridgehead atoms. The van der Waals surface area contributed by atoms with Crippen LogP contribution in [0.1, 0.15) is 18.4 Å². The van der Waals surface area contributed by atoms with Crippen molar-refractivity contribution in [3.63, 3.8) is 0 Å². The van der Waals surface area contributed by atoms with Crippen LogP contribution in [0.5, 0.6) is 0 Å². The molecule has 1 aliphatic rings. The molecule has 0 spiro atoms. The average molecular weight is 244 g/mol. The van der Waals surface area contributed by atoms with Crippen LogP contribution in [0.4, 0.5) is 0 Å². The van der Waals surface area contributed by atoms with Gasteiger partial charge in [0, 0.05) is 25.7 Å². The lowest BCUT2D eigenvalue weighted by molar-refractivity contribution is 0.324. The van der Waals surface area contributed by atoms with E-state index in [0.717, 1.165) is 36.7 Å². The summed E-state index contributed by atoms with van der Waals surface area (Å²) in [6, 6.07) is 7.23. The number of hydrogen-bond donors (Lipinski definition) is 2. The summed E-state index contributed by atoms with van der Waals surface area (Å²) in [5.74, 6) is 0. The summed E-state index contributed by atoms with van der Waals surface area (Å²) in [6.07, 6.45) is 4.47. The van der Waals surface area contributed by atoms with Gasteiger partial charge in [0.15, 0.2) is 0 Å². The van der Waals surface area contributed by atoms with Gasteiger partial charge in [0.05, 0.1) is 17.4 Å². The molecule has 0 atom stereocenters. The van der Waals surface area contributed by atoms with Gasteiger partial charge in [-0.2, -0.15) is 0 Å². The van der Waals surface area contributed by atoms with Crippen LogP contribution in [-0.4, -0.2) is 41.0 Å². The van der Waals surface area contributed by atoms with Crippen LogP contribution in [0.15, 0.2) is 24.5 Å². The molecule has 1 heterocycles. The van der Waals surface area contributed by atoms with Gasteiger partial charge in [-0.1, -0.05) is 6.07 Å². The number of nitrogens with one attached hydrogen (secondary N) is 2. The van der Waals surface area contributed by atoms with Crippen molar-refractivity contribution in [2.45, 2.75) is 25.4 Å². The second-order valence-electron chi connectivity index (χ2n) is 5.22. The topological polar surface area (TPSA) is 44.0 Å². The Morgan fingerprint density at radius 3 is 3.17 bits per heavy atom. The smallest absolute Gasteiger partial charge is 0.0931 e. The van der Waals surface area contributed by atoms with Crippen molar-refractivity contribution in [2.24, 2.45) is 0 Å². The first-order valence-corrected chi connectivity index (χ1v) is 6.65. The molecule has 1 fully saturated rings. The Kier molecular flexibility index (Phi) is 3.30. The highest BCUT2D eigenvalue weighted by molar-refractivity contribution is 5.74. The molecule has 4 nitrogen and oxygen atoms in total. The van der Waals surface area contributed by atoms with E-state index in [1.54, 1.807) is 6.33 Å². The van der Waals surface area contributed by atoms with Crippen LogP contribution in [0.2, 0.25) is 0 Å². The average Bonchev–Trinajstić information content (AvgIpc) is 3.06. The highest BCUT2D eigenvalue weighted by Crippen LogP contribution is 2.18. The fourth-order valence-corrected chi connectivity index (χ4v) is 2.22. The monoisotopic (exact) mass is 244 g/mol. The van der Waals surface area contributed by atoms with Gasteiger partial charge in [-0.25, -0.2) is 4.98 Å². The highest BCUT2D eigenvalue weighted by atomic mass is 15.1. The zero-order valence-electron chi connectivity index (χ0n) is 10.8. The number of benzene rings is 1. The van der Waals surface area contributed by atoms with E-state index in [-0.39, 0.29) is 0 Å². The molecular weight excluding hydrogens is 224 g/mol. The molecule has 96 valence electrons. The number of aromatic amines is 1. The molecule has 0 unspecified atom stereocenters. The Morgan fingerprint density at radius 2 is 2.33 bits per heavy atom. The van der Waals surface area contributed by atoms with E-state index in [2.05, 4.69) is 45.4 Å². The zero-order chi connectivity index (χ0) is 12.4. The zero-order valence-corrected chi connectivity index (χ0v) is 10.8. The summed E-state index contributed by atoms with van der Waals surface area (Å²) in [4.78, 5) is 9.75. The number of likely N-dealkylation sites (N-methyl/N-ethyl adjacent to an activating group) is 1. The number of nitrogens with zero attached hydrogens (tertiary/aromatic N) is 2. The summed E-state index contributed by atoms with van der Waals surface area (Å²) in [5.41, 5.74) is 3.49. The van der Waals surface area contributed by atoms with E-state index in [4.69, 9.17) is 0 Å². The molecule has 0 amide bonds. The van der Waals surface area contributed by atoms with Crippen molar-refractivity contribution in [1.29, 1.82) is 0 Å². The van der Waals surface area contributed by atoms with Gasteiger partial charge in [0.1, 0.15) is 0 Å². The molecule has 0 radical (unpaired) electrons. The minimum absolute atomic E-state index is 0.805. The molecular formula is C14H20N4. The van der Waals surface area contributed by atoms with E-state index in [1.165, 1.54) is 18.4 Å². The summed E-state index contributed by atoms with van der Waals surface area (Å²) in [6.45, 7) is 3.17. The second-order valence-corrected chi connectivity index (χ2v) is 5.22. The van der Waals surface area contributed by atoms with Gasteiger partial charge in [-0.3, -0.25) is 0 Å². The van der Waals surface area contributed by atoms with Gasteiger partial charge in [0.25, 0.3) is 0 Å². The van der Waals surface area contributed by atoms with Crippen molar-refractivity contribution in [1.82, 2.24) is 20.2 Å². The van der Waals surface area contributed by atoms with Crippen molar-refractivity contribution >= 4 is 11.0 Å². The van der Waals surface area contributed by atoms with Crippen LogP contribution >= 0.6 is 0 Å². The molecule has 2 aromatic rings. The largest absolute Gasteiger partial charge is 0.345 e. The number of H-pyrrole nitrogens is 1. The van der Waals surface area contributed by atoms with Gasteiger partial charge in [-0.15, -0.1) is 0 Å². The minimum Gasteiger partial charge on any atom is -0.345 e. The Morgan fingerprint density at radius 1 is 1.44 bits per heavy atom. The van der Waals surface area contributed by atoms with Crippen LogP contribution in [-0.2, 0) is 6.54 Å². The summed E-state index contributed by atoms with van der Waals surface area (Å²) in [7, 11) is 2.17. The molecule has 1 saturated carbocycles. The number of aromatic nitrogens is 2. The molecule has 1 aliphatic carbocycles. The SMILES string of the molecule is CN(CCNC1CC1)Cc1ccc2nc[nH]c2c1. The molecule has 0 saturated heterocycles. The van der Waals surface area contributed by atoms with Crippen molar-refractivity contribution in [3.05, 3.63) is 30.1 Å². The quantitative estimate of drug-likeness (QED) is 0.813. The third-order valence-electron chi connectivity index (χ3n) is 3.44. The molecule has 4 heteroatoms. The van der Waals surface area contributed by atoms with Crippen LogP contribution < -0.4 is 5.32 Å². The Balaban J connectivity index is 1.53. The molecule has 1 aromatic carbocycles. The van der Waals surface area contributed by atoms with E-state index < -0.39 is 0 Å². The van der Waals surface area contributed by atoms with Gasteiger partial charge >= 0.3 is 0 Å². The summed E-state index contributed by atoms with van der Waals surface area (Å²) < 4.78 is 0. The highest BCUT2D eigenvalue weighted by Gasteiger charge is 2.19. The first kappa shape index (κ1) is 11.7. The van der Waals surface area contributed by atoms with Gasteiger partial charge in [-0.05, 0) is 37.6 Å². The maximum atomic E-state index is 4.24. The Hall–Kier alpha value is -1.39. The minimum atomic E-state index is 0.805. The molecule has 1 aromatic heterocycles. The fraction of sp³-hybridized carbons (Fsp3) is 0.500. The number of fused-ring (bicyclic) bond motifs is 1. The van der Waals surface area contributed by atoms with E-state index >= 15 is 0 Å². The molecule has 2 N–H and O–H groups in total. The normalized spacial score (nSPS) is 15.7. The summed E-state index contributed by atoms with van der Waals surface area (Å²) >= 11 is 0. The Bertz CT molecular complexity index is 515. The van der Waals surface area contributed by atoms with E-state index in [1.807, 2.05) is 0 Å². The molecule has 18 heavy (non-hydrogen) atoms. The number of rotatable bonds is 6. The number of imidazole rings is 1. The predicted molar refractivity (Wildman–Crippen MR) is 73.5 cm³/mol. The third kappa shape index (κ3) is 2.89. The van der Waals surface area contributed by atoms with Crippen LogP contribution in [0.25, 0.3) is 11.0 Å². The maximum absolute atomic E-state index is 4.24. The Labute approximate surface area is 107 Å². The first-order chi connectivity index (χ1) is 8.81. The van der Waals surface area contributed by atoms with E-state index in [0.29, 0.717) is 0 Å². The van der Waals surface area contributed by atoms with Crippen molar-refractivity contribution in [2.75, 3.05) is 20.1 Å². The van der Waals surface area contributed by atoms with Crippen LogP contribution in [0, 0.1) is 0 Å². The van der Waals surface area contributed by atoms with Crippen molar-refractivity contribution < 1.29 is 0 Å². The standard InChI is InChI=1S/C14H20N4/c1-18(7-6-15-12-3-4-12)9-11-2-5-13-14(8-11)17-10-16-13/h2,5,8,10,12,15H,3-4,6-7,9H2,1H3,(H,16,17). The lowest BCUT2D eigenvalue weighted by Gasteiger charge is -2.17. The van der Waals surface area contributed by atoms with Crippen LogP contribution in [0.3, 0.4) is 0 Å². The fourth-order valence-electron chi connectivity index (χ4n) is 2.22. The van der Waals surface area contributed by atoms with E-state index in [9.17, 15) is 0 Å². The van der Waals surface area contributed by atoms with Gasteiger partial charge in [0.2, 0.25) is 0 Å². The second kappa shape index (κ2) is 5.08. The van der Waals surface area contributed by atoms with Gasteiger partial charge < -0.3 is 15.2 Å². The maximum Gasteiger partial charge on any atom is 0.0931 e. The number of hydrogen-bond acceptors (Lipinski definition) is 3. The predicted octanol–water partition coefficient (Wildman–Crippen LogP) is 1.75. The molecule has 0 aliphatic heterocycles. The van der Waals surface area contributed by atoms with Crippen molar-refractivity contribution in [3.8, 4) is 0 Å². The lowest BCUT2D eigenvalue weighted by atomic mass is 10.2. The third-order valence-corrected chi connectivity index (χ3v) is 3.44. The first-order valence-electron chi connectivity index (χ1n) is 6.65. The molecule has 3 rings (SSSR count).